The van der Waals surface area contributed by atoms with Crippen LogP contribution in [0.3, 0.4) is 0 Å². The maximum Gasteiger partial charge on any atom is 0.406 e. The van der Waals surface area contributed by atoms with E-state index < -0.39 is 31.3 Å². The van der Waals surface area contributed by atoms with Gasteiger partial charge in [0.1, 0.15) is 12.3 Å². The monoisotopic (exact) mass is 357 g/mol. The number of hydrogen-bond acceptors (Lipinski definition) is 3. The summed E-state index contributed by atoms with van der Waals surface area (Å²) >= 11 is 0. The average molecular weight is 357 g/mol. The fourth-order valence-electron chi connectivity index (χ4n) is 2.65. The van der Waals surface area contributed by atoms with E-state index in [4.69, 9.17) is 4.74 Å². The first-order valence-corrected chi connectivity index (χ1v) is 8.33. The van der Waals surface area contributed by atoms with E-state index >= 15 is 0 Å². The molecule has 0 spiro atoms. The molecule has 0 saturated heterocycles. The number of rotatable bonds is 8. The van der Waals surface area contributed by atoms with Gasteiger partial charge in [0.25, 0.3) is 5.91 Å². The van der Waals surface area contributed by atoms with Crippen LogP contribution in [0.15, 0.2) is 24.3 Å². The molecule has 138 valence electrons. The smallest absolute Gasteiger partial charge is 0.406 e. The van der Waals surface area contributed by atoms with Gasteiger partial charge in [0.2, 0.25) is 0 Å². The molecule has 0 heterocycles. The molecule has 1 aliphatic rings. The zero-order chi connectivity index (χ0) is 18.6. The van der Waals surface area contributed by atoms with Crippen LogP contribution in [0.1, 0.15) is 43.5 Å². The molecule has 1 saturated carbocycles. The van der Waals surface area contributed by atoms with Gasteiger partial charge in [-0.2, -0.15) is 13.2 Å². The number of amides is 1. The Hall–Kier alpha value is -2.05. The van der Waals surface area contributed by atoms with Crippen molar-refractivity contribution < 1.29 is 27.5 Å². The Labute approximate surface area is 144 Å². The molecule has 4 nitrogen and oxygen atoms in total. The molecule has 0 unspecified atom stereocenters. The SMILES string of the molecule is CCC(=O)c1ccc(OCC(=O)N(CC(F)(F)F)[C@H](C)C2CC2)cc1. The molecule has 0 bridgehead atoms. The molecule has 1 amide bonds. The third kappa shape index (κ3) is 5.76. The number of Topliss-reactive ketones (excluding diaryl/α,β-unsaturated/α-hetero) is 1. The molecule has 0 radical (unpaired) electrons. The molecule has 1 fully saturated rings. The standard InChI is InChI=1S/C18H22F3NO3/c1-3-16(23)14-6-8-15(9-7-14)25-10-17(24)22(11-18(19,20)21)12(2)13-4-5-13/h6-9,12-13H,3-5,10-11H2,1-2H3/t12-/m1/s1. The number of carbonyl (C=O) groups is 2. The molecule has 0 aromatic heterocycles. The Bertz CT molecular complexity index is 609. The summed E-state index contributed by atoms with van der Waals surface area (Å²) in [6.45, 7) is 1.67. The van der Waals surface area contributed by atoms with Crippen molar-refractivity contribution in [3.8, 4) is 5.75 Å². The first-order chi connectivity index (χ1) is 11.7. The number of nitrogens with zero attached hydrogens (tertiary/aromatic N) is 1. The van der Waals surface area contributed by atoms with E-state index in [1.807, 2.05) is 0 Å². The number of benzene rings is 1. The summed E-state index contributed by atoms with van der Waals surface area (Å²) in [4.78, 5) is 24.6. The van der Waals surface area contributed by atoms with Crippen molar-refractivity contribution in [3.63, 3.8) is 0 Å². The van der Waals surface area contributed by atoms with E-state index in [0.29, 0.717) is 17.7 Å². The van der Waals surface area contributed by atoms with E-state index in [1.165, 1.54) is 12.1 Å². The average Bonchev–Trinajstić information content (AvgIpc) is 3.41. The minimum absolute atomic E-state index is 0.0164. The van der Waals surface area contributed by atoms with Gasteiger partial charge < -0.3 is 9.64 Å². The lowest BCUT2D eigenvalue weighted by Crippen LogP contribution is -2.47. The summed E-state index contributed by atoms with van der Waals surface area (Å²) in [7, 11) is 0. The number of hydrogen-bond donors (Lipinski definition) is 0. The maximum atomic E-state index is 12.8. The van der Waals surface area contributed by atoms with Crippen LogP contribution in [0.25, 0.3) is 0 Å². The summed E-state index contributed by atoms with van der Waals surface area (Å²) in [5.41, 5.74) is 0.530. The van der Waals surface area contributed by atoms with Crippen LogP contribution in [0.4, 0.5) is 13.2 Å². The summed E-state index contributed by atoms with van der Waals surface area (Å²) in [5.74, 6) is -0.236. The number of ether oxygens (including phenoxy) is 1. The third-order valence-corrected chi connectivity index (χ3v) is 4.33. The Kier molecular flexibility index (Phi) is 6.08. The Morgan fingerprint density at radius 3 is 2.32 bits per heavy atom. The van der Waals surface area contributed by atoms with Gasteiger partial charge in [0.05, 0.1) is 0 Å². The van der Waals surface area contributed by atoms with Crippen LogP contribution in [0.2, 0.25) is 0 Å². The molecule has 1 atom stereocenters. The van der Waals surface area contributed by atoms with Crippen molar-refractivity contribution in [2.75, 3.05) is 13.2 Å². The number of alkyl halides is 3. The van der Waals surface area contributed by atoms with Gasteiger partial charge in [-0.05, 0) is 49.9 Å². The van der Waals surface area contributed by atoms with Crippen LogP contribution < -0.4 is 4.74 Å². The van der Waals surface area contributed by atoms with Gasteiger partial charge in [-0.1, -0.05) is 6.92 Å². The molecule has 2 rings (SSSR count). The van der Waals surface area contributed by atoms with Gasteiger partial charge in [-0.15, -0.1) is 0 Å². The Balaban J connectivity index is 1.96. The van der Waals surface area contributed by atoms with E-state index in [1.54, 1.807) is 26.0 Å². The lowest BCUT2D eigenvalue weighted by atomic mass is 10.1. The molecule has 0 aliphatic heterocycles. The first-order valence-electron chi connectivity index (χ1n) is 8.33. The summed E-state index contributed by atoms with van der Waals surface area (Å²) in [5, 5.41) is 0. The lowest BCUT2D eigenvalue weighted by molar-refractivity contribution is -0.167. The second-order valence-electron chi connectivity index (χ2n) is 6.30. The molecule has 7 heteroatoms. The van der Waals surface area contributed by atoms with Crippen LogP contribution in [0, 0.1) is 5.92 Å². The van der Waals surface area contributed by atoms with Gasteiger partial charge in [0.15, 0.2) is 12.4 Å². The fraction of sp³-hybridized carbons (Fsp3) is 0.556. The van der Waals surface area contributed by atoms with E-state index in [-0.39, 0.29) is 11.7 Å². The van der Waals surface area contributed by atoms with Gasteiger partial charge in [0, 0.05) is 18.0 Å². The first kappa shape index (κ1) is 19.3. The number of halogens is 3. The predicted octanol–water partition coefficient (Wildman–Crippen LogP) is 3.85. The predicted molar refractivity (Wildman–Crippen MR) is 86.5 cm³/mol. The highest BCUT2D eigenvalue weighted by molar-refractivity contribution is 5.95. The molecule has 0 N–H and O–H groups in total. The van der Waals surface area contributed by atoms with Gasteiger partial charge in [-0.3, -0.25) is 9.59 Å². The molecule has 1 aromatic rings. The van der Waals surface area contributed by atoms with Gasteiger partial charge >= 0.3 is 6.18 Å². The van der Waals surface area contributed by atoms with Gasteiger partial charge in [-0.25, -0.2) is 0 Å². The molecule has 1 aromatic carbocycles. The van der Waals surface area contributed by atoms with Crippen molar-refractivity contribution in [3.05, 3.63) is 29.8 Å². The zero-order valence-electron chi connectivity index (χ0n) is 14.3. The third-order valence-electron chi connectivity index (χ3n) is 4.33. The van der Waals surface area contributed by atoms with E-state index in [9.17, 15) is 22.8 Å². The summed E-state index contributed by atoms with van der Waals surface area (Å²) in [6.07, 6.45) is -2.38. The summed E-state index contributed by atoms with van der Waals surface area (Å²) < 4.78 is 43.6. The van der Waals surface area contributed by atoms with Crippen molar-refractivity contribution >= 4 is 11.7 Å². The Morgan fingerprint density at radius 1 is 1.24 bits per heavy atom. The zero-order valence-corrected chi connectivity index (χ0v) is 14.3. The molecule has 25 heavy (non-hydrogen) atoms. The number of ketones is 1. The lowest BCUT2D eigenvalue weighted by Gasteiger charge is -2.30. The molecular weight excluding hydrogens is 335 g/mol. The minimum atomic E-state index is -4.44. The van der Waals surface area contributed by atoms with E-state index in [2.05, 4.69) is 0 Å². The highest BCUT2D eigenvalue weighted by Gasteiger charge is 2.40. The minimum Gasteiger partial charge on any atom is -0.484 e. The fourth-order valence-corrected chi connectivity index (χ4v) is 2.65. The summed E-state index contributed by atoms with van der Waals surface area (Å²) in [6, 6.07) is 5.77. The van der Waals surface area contributed by atoms with Crippen LogP contribution in [-0.2, 0) is 4.79 Å². The number of carbonyl (C=O) groups excluding carboxylic acids is 2. The highest BCUT2D eigenvalue weighted by atomic mass is 19.4. The van der Waals surface area contributed by atoms with Crippen LogP contribution >= 0.6 is 0 Å². The van der Waals surface area contributed by atoms with Crippen molar-refractivity contribution in [1.82, 2.24) is 4.90 Å². The normalized spacial score (nSPS) is 15.6. The van der Waals surface area contributed by atoms with Crippen molar-refractivity contribution in [1.29, 1.82) is 0 Å². The molecule has 1 aliphatic carbocycles. The highest BCUT2D eigenvalue weighted by Crippen LogP contribution is 2.36. The largest absolute Gasteiger partial charge is 0.484 e. The van der Waals surface area contributed by atoms with Crippen molar-refractivity contribution in [2.45, 2.75) is 45.3 Å². The second-order valence-corrected chi connectivity index (χ2v) is 6.30. The quantitative estimate of drug-likeness (QED) is 0.664. The maximum absolute atomic E-state index is 12.8. The second kappa shape index (κ2) is 7.89. The Morgan fingerprint density at radius 2 is 1.84 bits per heavy atom. The topological polar surface area (TPSA) is 46.6 Å². The van der Waals surface area contributed by atoms with Crippen molar-refractivity contribution in [2.24, 2.45) is 5.92 Å². The van der Waals surface area contributed by atoms with E-state index in [0.717, 1.165) is 17.7 Å². The van der Waals surface area contributed by atoms with Crippen LogP contribution in [0.5, 0.6) is 5.75 Å². The molecular formula is C18H22F3NO3. The van der Waals surface area contributed by atoms with Crippen LogP contribution in [-0.4, -0.2) is 42.0 Å².